The van der Waals surface area contributed by atoms with Gasteiger partial charge in [-0.3, -0.25) is 9.52 Å². The fraction of sp³-hybridized carbons (Fsp3) is 0.562. The Morgan fingerprint density at radius 1 is 1.19 bits per heavy atom. The molecule has 8 nitrogen and oxygen atoms in total. The quantitative estimate of drug-likeness (QED) is 0.166. The van der Waals surface area contributed by atoms with Crippen molar-refractivity contribution < 1.29 is 18.7 Å². The summed E-state index contributed by atoms with van der Waals surface area (Å²) in [6, 6.07) is 8.74. The van der Waals surface area contributed by atoms with Gasteiger partial charge in [-0.15, -0.1) is 6.58 Å². The van der Waals surface area contributed by atoms with Gasteiger partial charge in [0.25, 0.3) is 5.91 Å². The van der Waals surface area contributed by atoms with E-state index in [1.807, 2.05) is 64.7 Å². The number of amides is 2. The minimum absolute atomic E-state index is 0.102. The Morgan fingerprint density at radius 3 is 2.52 bits per heavy atom. The Morgan fingerprint density at radius 2 is 1.90 bits per heavy atom. The maximum Gasteiger partial charge on any atom is 0.410 e. The summed E-state index contributed by atoms with van der Waals surface area (Å²) in [5, 5.41) is 4.06. The number of nitrogens with zero attached hydrogens (tertiary/aromatic N) is 3. The van der Waals surface area contributed by atoms with E-state index >= 15 is 0 Å². The summed E-state index contributed by atoms with van der Waals surface area (Å²) < 4.78 is 22.9. The Hall–Kier alpha value is -3.14. The van der Waals surface area contributed by atoms with Gasteiger partial charge in [-0.1, -0.05) is 32.9 Å². The fourth-order valence-electron chi connectivity index (χ4n) is 5.04. The van der Waals surface area contributed by atoms with Crippen LogP contribution in [0.3, 0.4) is 0 Å². The van der Waals surface area contributed by atoms with Crippen LogP contribution in [0.5, 0.6) is 0 Å². The molecule has 3 rings (SSSR count). The van der Waals surface area contributed by atoms with Crippen molar-refractivity contribution in [2.75, 3.05) is 11.9 Å². The predicted molar refractivity (Wildman–Crippen MR) is 167 cm³/mol. The van der Waals surface area contributed by atoms with E-state index in [-0.39, 0.29) is 28.7 Å². The number of carbonyl (C=O) groups excluding carboxylic acids is 2. The molecule has 1 aliphatic rings. The lowest BCUT2D eigenvalue weighted by Gasteiger charge is -2.33. The van der Waals surface area contributed by atoms with E-state index in [0.717, 1.165) is 37.6 Å². The molecule has 0 spiro atoms. The van der Waals surface area contributed by atoms with Gasteiger partial charge < -0.3 is 15.0 Å². The molecular weight excluding hydrogens is 553 g/mol. The fourth-order valence-corrected chi connectivity index (χ4v) is 5.64. The van der Waals surface area contributed by atoms with Crippen molar-refractivity contribution in [2.45, 2.75) is 109 Å². The smallest absolute Gasteiger partial charge is 0.410 e. The molecule has 0 aliphatic carbocycles. The van der Waals surface area contributed by atoms with Crippen molar-refractivity contribution in [1.29, 1.82) is 0 Å². The van der Waals surface area contributed by atoms with Crippen LogP contribution in [-0.4, -0.2) is 50.6 Å². The number of ether oxygens (including phenoxy) is 1. The molecule has 2 N–H and O–H groups in total. The van der Waals surface area contributed by atoms with E-state index in [2.05, 4.69) is 40.4 Å². The third kappa shape index (κ3) is 9.44. The number of hydrogen-bond acceptors (Lipinski definition) is 7. The van der Waals surface area contributed by atoms with E-state index in [1.165, 1.54) is 6.07 Å². The summed E-state index contributed by atoms with van der Waals surface area (Å²) in [6.45, 7) is 20.2. The summed E-state index contributed by atoms with van der Waals surface area (Å²) in [4.78, 5) is 35.9. The number of aromatic nitrogens is 2. The van der Waals surface area contributed by atoms with Crippen molar-refractivity contribution >= 4 is 29.8 Å². The lowest BCUT2D eigenvalue weighted by Crippen LogP contribution is -2.45. The second kappa shape index (κ2) is 13.4. The van der Waals surface area contributed by atoms with E-state index in [4.69, 9.17) is 4.74 Å². The molecule has 1 fully saturated rings. The second-order valence-electron chi connectivity index (χ2n) is 13.6. The lowest BCUT2D eigenvalue weighted by molar-refractivity contribution is 0.0130. The van der Waals surface area contributed by atoms with Gasteiger partial charge in [-0.2, -0.15) is 4.39 Å². The van der Waals surface area contributed by atoms with Crippen molar-refractivity contribution in [3.63, 3.8) is 0 Å². The topological polar surface area (TPSA) is 96.5 Å². The summed E-state index contributed by atoms with van der Waals surface area (Å²) >= 11 is 1.02. The average molecular weight is 600 g/mol. The molecule has 10 heteroatoms. The molecule has 2 atom stereocenters. The van der Waals surface area contributed by atoms with Crippen LogP contribution in [0.2, 0.25) is 0 Å². The first-order valence-corrected chi connectivity index (χ1v) is 15.3. The third-order valence-electron chi connectivity index (χ3n) is 7.13. The average Bonchev–Trinajstić information content (AvgIpc) is 3.19. The molecule has 2 aromatic heterocycles. The van der Waals surface area contributed by atoms with E-state index in [0.29, 0.717) is 29.0 Å². The van der Waals surface area contributed by atoms with Crippen LogP contribution in [0.25, 0.3) is 0 Å². The first-order chi connectivity index (χ1) is 19.5. The number of nitrogens with one attached hydrogen (secondary N) is 2. The molecule has 2 aromatic rings. The number of likely N-dealkylation sites (tertiary alicyclic amines) is 1. The molecule has 1 aliphatic heterocycles. The van der Waals surface area contributed by atoms with Crippen LogP contribution < -0.4 is 10.0 Å². The summed E-state index contributed by atoms with van der Waals surface area (Å²) in [6.07, 6.45) is 5.09. The molecule has 0 saturated carbocycles. The number of pyridine rings is 2. The van der Waals surface area contributed by atoms with Crippen LogP contribution in [-0.2, 0) is 10.2 Å². The first-order valence-electron chi connectivity index (χ1n) is 14.5. The van der Waals surface area contributed by atoms with Gasteiger partial charge in [0.05, 0.1) is 5.56 Å². The Labute approximate surface area is 254 Å². The van der Waals surface area contributed by atoms with E-state index in [9.17, 15) is 14.0 Å². The molecule has 2 amide bonds. The Kier molecular flexibility index (Phi) is 10.7. The largest absolute Gasteiger partial charge is 0.444 e. The third-order valence-corrected chi connectivity index (χ3v) is 7.86. The van der Waals surface area contributed by atoms with Gasteiger partial charge in [0.15, 0.2) is 0 Å². The molecular formula is C32H46FN5O3S. The SMILES string of the molecule is C=CCC(CC[C@@H]1CN(C(=O)OC(C)(C)C)C(C)(C)C1)Nc1cccc(SNC(=O)c2ccc(C(C)(C)C)nc2F)n1. The number of hydrogen-bond donors (Lipinski definition) is 2. The normalized spacial score (nSPS) is 17.5. The minimum atomic E-state index is -0.795. The van der Waals surface area contributed by atoms with Crippen molar-refractivity contribution in [2.24, 2.45) is 5.92 Å². The molecule has 1 unspecified atom stereocenters. The van der Waals surface area contributed by atoms with Crippen LogP contribution in [0.1, 0.15) is 97.1 Å². The van der Waals surface area contributed by atoms with Crippen molar-refractivity contribution in [3.05, 3.63) is 60.2 Å². The van der Waals surface area contributed by atoms with Gasteiger partial charge in [0.2, 0.25) is 5.95 Å². The zero-order chi connectivity index (χ0) is 31.3. The van der Waals surface area contributed by atoms with Crippen LogP contribution in [0, 0.1) is 11.9 Å². The predicted octanol–water partition coefficient (Wildman–Crippen LogP) is 7.52. The maximum atomic E-state index is 14.5. The highest BCUT2D eigenvalue weighted by molar-refractivity contribution is 7.97. The molecule has 3 heterocycles. The maximum absolute atomic E-state index is 14.5. The Bertz CT molecular complexity index is 1270. The molecule has 0 aromatic carbocycles. The lowest BCUT2D eigenvalue weighted by atomic mass is 9.91. The summed E-state index contributed by atoms with van der Waals surface area (Å²) in [5.41, 5.74) is -0.649. The highest BCUT2D eigenvalue weighted by Crippen LogP contribution is 2.36. The van der Waals surface area contributed by atoms with Gasteiger partial charge in [-0.05, 0) is 90.5 Å². The zero-order valence-electron chi connectivity index (χ0n) is 26.2. The second-order valence-corrected chi connectivity index (χ2v) is 14.4. The summed E-state index contributed by atoms with van der Waals surface area (Å²) in [7, 11) is 0. The van der Waals surface area contributed by atoms with Gasteiger partial charge in [0, 0.05) is 41.2 Å². The van der Waals surface area contributed by atoms with Crippen molar-refractivity contribution in [1.82, 2.24) is 19.6 Å². The van der Waals surface area contributed by atoms with Crippen LogP contribution in [0.4, 0.5) is 15.0 Å². The zero-order valence-corrected chi connectivity index (χ0v) is 27.0. The molecule has 1 saturated heterocycles. The minimum Gasteiger partial charge on any atom is -0.444 e. The highest BCUT2D eigenvalue weighted by atomic mass is 32.2. The number of rotatable bonds is 10. The van der Waals surface area contributed by atoms with E-state index < -0.39 is 17.5 Å². The van der Waals surface area contributed by atoms with Gasteiger partial charge in [-0.25, -0.2) is 14.8 Å². The van der Waals surface area contributed by atoms with Gasteiger partial charge >= 0.3 is 6.09 Å². The highest BCUT2D eigenvalue weighted by Gasteiger charge is 2.42. The molecule has 42 heavy (non-hydrogen) atoms. The number of carbonyl (C=O) groups is 2. The van der Waals surface area contributed by atoms with Crippen LogP contribution in [0.15, 0.2) is 48.0 Å². The monoisotopic (exact) mass is 599 g/mol. The van der Waals surface area contributed by atoms with Crippen molar-refractivity contribution in [3.8, 4) is 0 Å². The summed E-state index contributed by atoms with van der Waals surface area (Å²) in [5.74, 6) is -0.337. The molecule has 230 valence electrons. The standard InChI is InChI=1S/C32H46FN5O3S/c1-10-12-22(16-15-21-19-32(8,9)38(20-21)29(40)41-31(5,6)7)34-25-13-11-14-26(36-25)42-37-28(39)23-17-18-24(30(2,3)4)35-27(23)33/h10-11,13-14,17-18,21-22H,1,12,15-16,19-20H2,2-9H3,(H,34,36)(H,37,39)/t21-,22?/m0/s1. The van der Waals surface area contributed by atoms with E-state index in [1.54, 1.807) is 12.1 Å². The number of anilines is 1. The van der Waals surface area contributed by atoms with Gasteiger partial charge in [0.1, 0.15) is 16.4 Å². The first kappa shape index (κ1) is 33.4. The molecule has 0 radical (unpaired) electrons. The molecule has 0 bridgehead atoms. The number of halogens is 1. The Balaban J connectivity index is 1.57. The van der Waals surface area contributed by atoms with Crippen LogP contribution >= 0.6 is 11.9 Å².